The quantitative estimate of drug-likeness (QED) is 0.764. The van der Waals surface area contributed by atoms with Crippen LogP contribution in [0, 0.1) is 0 Å². The molecule has 172 valence electrons. The number of amides is 1. The predicted molar refractivity (Wildman–Crippen MR) is 109 cm³/mol. The second-order valence-electron chi connectivity index (χ2n) is 7.24. The number of benzene rings is 1. The maximum absolute atomic E-state index is 13.2. The molecule has 0 aliphatic heterocycles. The van der Waals surface area contributed by atoms with Crippen LogP contribution in [0.5, 0.6) is 23.0 Å². The molecule has 0 bridgehead atoms. The number of hydrogen-bond donors (Lipinski definition) is 1. The van der Waals surface area contributed by atoms with Crippen LogP contribution >= 0.6 is 0 Å². The number of nitrogens with zero attached hydrogens (tertiary/aromatic N) is 1. The van der Waals surface area contributed by atoms with Crippen molar-refractivity contribution in [1.29, 1.82) is 0 Å². The molecule has 0 heterocycles. The van der Waals surface area contributed by atoms with Gasteiger partial charge in [0.1, 0.15) is 0 Å². The van der Waals surface area contributed by atoms with Crippen LogP contribution in [0.1, 0.15) is 23.6 Å². The molecule has 1 aliphatic carbocycles. The number of fused-ring (bicyclic) bond motifs is 3. The molecule has 0 aromatic heterocycles. The minimum atomic E-state index is -5.09. The number of carbonyl (C=O) groups is 1. The van der Waals surface area contributed by atoms with Crippen molar-refractivity contribution in [2.24, 2.45) is 0 Å². The van der Waals surface area contributed by atoms with E-state index < -0.39 is 29.3 Å². The Bertz CT molecular complexity index is 1120. The lowest BCUT2D eigenvalue weighted by atomic mass is 9.95. The third-order valence-corrected chi connectivity index (χ3v) is 5.52. The molecule has 7 nitrogen and oxygen atoms in total. The highest BCUT2D eigenvalue weighted by Gasteiger charge is 2.44. The third kappa shape index (κ3) is 3.92. The maximum atomic E-state index is 13.2. The average molecular weight is 453 g/mol. The molecule has 0 radical (unpaired) electrons. The van der Waals surface area contributed by atoms with E-state index >= 15 is 0 Å². The Balaban J connectivity index is 2.38. The number of alkyl halides is 3. The highest BCUT2D eigenvalue weighted by Crippen LogP contribution is 2.51. The molecule has 0 fully saturated rings. The van der Waals surface area contributed by atoms with E-state index in [1.807, 2.05) is 0 Å². The van der Waals surface area contributed by atoms with Gasteiger partial charge in [0.15, 0.2) is 17.2 Å². The van der Waals surface area contributed by atoms with Crippen molar-refractivity contribution in [2.45, 2.75) is 25.1 Å². The van der Waals surface area contributed by atoms with Gasteiger partial charge in [-0.1, -0.05) is 6.07 Å². The van der Waals surface area contributed by atoms with Crippen molar-refractivity contribution in [2.75, 3.05) is 28.4 Å². The van der Waals surface area contributed by atoms with E-state index in [1.54, 1.807) is 6.07 Å². The molecule has 1 aliphatic rings. The highest BCUT2D eigenvalue weighted by atomic mass is 19.4. The van der Waals surface area contributed by atoms with E-state index in [0.717, 1.165) is 19.2 Å². The highest BCUT2D eigenvalue weighted by molar-refractivity contribution is 5.85. The van der Waals surface area contributed by atoms with Crippen LogP contribution in [0.2, 0.25) is 0 Å². The molecule has 1 unspecified atom stereocenters. The molecular weight excluding hydrogens is 431 g/mol. The van der Waals surface area contributed by atoms with Crippen LogP contribution in [-0.2, 0) is 11.2 Å². The SMILES string of the molecule is COc1cc2c(c(OC)c1OC)-c1ccc(O)c(=O)cc1C(N(C)C(=O)C(F)(F)F)CC2. The molecular formula is C22H22F3NO6. The fourth-order valence-electron chi connectivity index (χ4n) is 4.03. The second kappa shape index (κ2) is 8.60. The zero-order valence-electron chi connectivity index (χ0n) is 17.9. The number of methoxy groups -OCH3 is 3. The molecule has 3 rings (SSSR count). The topological polar surface area (TPSA) is 85.3 Å². The van der Waals surface area contributed by atoms with Crippen molar-refractivity contribution in [1.82, 2.24) is 4.90 Å². The molecule has 1 atom stereocenters. The lowest BCUT2D eigenvalue weighted by molar-refractivity contribution is -0.186. The number of hydrogen-bond acceptors (Lipinski definition) is 6. The molecule has 2 aromatic rings. The van der Waals surface area contributed by atoms with Crippen LogP contribution in [0.3, 0.4) is 0 Å². The van der Waals surface area contributed by atoms with Gasteiger partial charge in [0.25, 0.3) is 0 Å². The average Bonchev–Trinajstić information content (AvgIpc) is 2.99. The Labute approximate surface area is 181 Å². The van der Waals surface area contributed by atoms with Gasteiger partial charge < -0.3 is 24.2 Å². The van der Waals surface area contributed by atoms with Crippen LogP contribution in [0.15, 0.2) is 29.1 Å². The summed E-state index contributed by atoms with van der Waals surface area (Å²) in [6, 6.07) is 4.23. The number of aryl methyl sites for hydroxylation is 1. The molecule has 1 amide bonds. The van der Waals surface area contributed by atoms with E-state index in [9.17, 15) is 27.9 Å². The molecule has 10 heteroatoms. The first-order valence-electron chi connectivity index (χ1n) is 9.58. The van der Waals surface area contributed by atoms with Gasteiger partial charge in [0, 0.05) is 12.6 Å². The Hall–Kier alpha value is -3.43. The summed E-state index contributed by atoms with van der Waals surface area (Å²) in [6.45, 7) is 0. The molecule has 0 saturated carbocycles. The Kier molecular flexibility index (Phi) is 6.25. The first-order chi connectivity index (χ1) is 15.0. The second-order valence-corrected chi connectivity index (χ2v) is 7.24. The fourth-order valence-corrected chi connectivity index (χ4v) is 4.03. The van der Waals surface area contributed by atoms with Crippen molar-refractivity contribution in [3.05, 3.63) is 45.6 Å². The summed E-state index contributed by atoms with van der Waals surface area (Å²) in [4.78, 5) is 25.0. The van der Waals surface area contributed by atoms with Gasteiger partial charge in [0.05, 0.1) is 27.4 Å². The monoisotopic (exact) mass is 453 g/mol. The Morgan fingerprint density at radius 3 is 2.31 bits per heavy atom. The van der Waals surface area contributed by atoms with Gasteiger partial charge in [-0.3, -0.25) is 9.59 Å². The summed E-state index contributed by atoms with van der Waals surface area (Å²) in [5, 5.41) is 9.98. The first-order valence-corrected chi connectivity index (χ1v) is 9.58. The van der Waals surface area contributed by atoms with Crippen LogP contribution < -0.4 is 19.6 Å². The number of ether oxygens (including phenoxy) is 3. The zero-order chi connectivity index (χ0) is 23.8. The van der Waals surface area contributed by atoms with Gasteiger partial charge in [0.2, 0.25) is 11.2 Å². The summed E-state index contributed by atoms with van der Waals surface area (Å²) >= 11 is 0. The largest absolute Gasteiger partial charge is 0.504 e. The van der Waals surface area contributed by atoms with Crippen LogP contribution in [-0.4, -0.2) is 50.5 Å². The minimum absolute atomic E-state index is 0.0845. The van der Waals surface area contributed by atoms with Crippen LogP contribution in [0.25, 0.3) is 11.1 Å². The lowest BCUT2D eigenvalue weighted by Crippen LogP contribution is -2.41. The summed E-state index contributed by atoms with van der Waals surface area (Å²) in [6.07, 6.45) is -4.75. The first kappa shape index (κ1) is 23.2. The van der Waals surface area contributed by atoms with E-state index in [-0.39, 0.29) is 29.9 Å². The Morgan fingerprint density at radius 2 is 1.75 bits per heavy atom. The molecule has 0 spiro atoms. The van der Waals surface area contributed by atoms with E-state index in [1.165, 1.54) is 27.4 Å². The Morgan fingerprint density at radius 1 is 1.09 bits per heavy atom. The molecule has 0 saturated heterocycles. The predicted octanol–water partition coefficient (Wildman–Crippen LogP) is 3.45. The van der Waals surface area contributed by atoms with Gasteiger partial charge in [-0.05, 0) is 47.7 Å². The normalized spacial score (nSPS) is 15.2. The standard InChI is InChI=1S/C22H22F3NO6/c1-26(21(29)22(23,24)25)14-7-5-11-9-17(30-2)19(31-3)20(32-4)18(11)12-6-8-15(27)16(28)10-13(12)14/h6,8-10,14H,5,7H2,1-4H3,(H,27,28). The summed E-state index contributed by atoms with van der Waals surface area (Å²) < 4.78 is 55.9. The molecule has 2 aromatic carbocycles. The van der Waals surface area contributed by atoms with Gasteiger partial charge in [-0.15, -0.1) is 0 Å². The molecule has 32 heavy (non-hydrogen) atoms. The number of rotatable bonds is 4. The van der Waals surface area contributed by atoms with Crippen molar-refractivity contribution in [3.8, 4) is 34.1 Å². The summed E-state index contributed by atoms with van der Waals surface area (Å²) in [5.74, 6) is -1.74. The van der Waals surface area contributed by atoms with E-state index in [4.69, 9.17) is 14.2 Å². The number of aromatic hydroxyl groups is 1. The van der Waals surface area contributed by atoms with Gasteiger partial charge >= 0.3 is 12.1 Å². The molecule has 1 N–H and O–H groups in total. The van der Waals surface area contributed by atoms with Crippen molar-refractivity contribution in [3.63, 3.8) is 0 Å². The maximum Gasteiger partial charge on any atom is 0.471 e. The lowest BCUT2D eigenvalue weighted by Gasteiger charge is -2.29. The minimum Gasteiger partial charge on any atom is -0.504 e. The number of carbonyl (C=O) groups excluding carboxylic acids is 1. The van der Waals surface area contributed by atoms with Crippen molar-refractivity contribution < 1.29 is 37.3 Å². The summed E-state index contributed by atoms with van der Waals surface area (Å²) in [5.41, 5.74) is 0.839. The number of halogens is 3. The third-order valence-electron chi connectivity index (χ3n) is 5.52. The summed E-state index contributed by atoms with van der Waals surface area (Å²) in [7, 11) is 5.29. The zero-order valence-corrected chi connectivity index (χ0v) is 17.9. The van der Waals surface area contributed by atoms with Crippen LogP contribution in [0.4, 0.5) is 13.2 Å². The van der Waals surface area contributed by atoms with Gasteiger partial charge in [-0.2, -0.15) is 13.2 Å². The van der Waals surface area contributed by atoms with Crippen molar-refractivity contribution >= 4 is 5.91 Å². The van der Waals surface area contributed by atoms with Gasteiger partial charge in [-0.25, -0.2) is 0 Å². The smallest absolute Gasteiger partial charge is 0.471 e. The van der Waals surface area contributed by atoms with E-state index in [2.05, 4.69) is 0 Å². The fraction of sp³-hybridized carbons (Fsp3) is 0.364. The van der Waals surface area contributed by atoms with E-state index in [0.29, 0.717) is 27.3 Å².